The molecule has 4 rings (SSSR count). The van der Waals surface area contributed by atoms with E-state index in [1.54, 1.807) is 41.0 Å². The van der Waals surface area contributed by atoms with Crippen LogP contribution in [0.25, 0.3) is 10.2 Å². The number of aromatic nitrogens is 1. The van der Waals surface area contributed by atoms with E-state index < -0.39 is 11.9 Å². The fraction of sp³-hybridized carbons (Fsp3) is 0.167. The van der Waals surface area contributed by atoms with Crippen LogP contribution in [0.4, 0.5) is 0 Å². The standard InChI is InChI=1S/C18H13ClN2O5S/c1-24-16(22)8-21-12-6-13-14(26-9-25-13)7-15(12)27-18(21)20-17(23)10-3-2-4-11(19)5-10/h2-7H,8-9H2,1H3. The van der Waals surface area contributed by atoms with Gasteiger partial charge in [0.2, 0.25) is 6.79 Å². The van der Waals surface area contributed by atoms with E-state index in [9.17, 15) is 9.59 Å². The second-order valence-electron chi connectivity index (χ2n) is 5.65. The number of rotatable bonds is 3. The minimum atomic E-state index is -0.456. The summed E-state index contributed by atoms with van der Waals surface area (Å²) in [5.41, 5.74) is 1.06. The molecular formula is C18H13ClN2O5S. The number of fused-ring (bicyclic) bond motifs is 2. The van der Waals surface area contributed by atoms with E-state index in [2.05, 4.69) is 4.99 Å². The minimum Gasteiger partial charge on any atom is -0.468 e. The van der Waals surface area contributed by atoms with Gasteiger partial charge in [0.1, 0.15) is 6.54 Å². The zero-order valence-corrected chi connectivity index (χ0v) is 15.7. The average molecular weight is 405 g/mol. The van der Waals surface area contributed by atoms with Crippen molar-refractivity contribution in [3.63, 3.8) is 0 Å². The number of esters is 1. The van der Waals surface area contributed by atoms with E-state index in [-0.39, 0.29) is 13.3 Å². The van der Waals surface area contributed by atoms with Gasteiger partial charge < -0.3 is 18.8 Å². The molecule has 3 aromatic rings. The van der Waals surface area contributed by atoms with Gasteiger partial charge >= 0.3 is 5.97 Å². The number of hydrogen-bond donors (Lipinski definition) is 0. The SMILES string of the molecule is COC(=O)Cn1c(=NC(=O)c2cccc(Cl)c2)sc2cc3c(cc21)OCO3. The maximum absolute atomic E-state index is 12.6. The van der Waals surface area contributed by atoms with Crippen LogP contribution in [0.1, 0.15) is 10.4 Å². The van der Waals surface area contributed by atoms with E-state index in [0.29, 0.717) is 32.4 Å². The Morgan fingerprint density at radius 2 is 2.04 bits per heavy atom. The zero-order valence-electron chi connectivity index (χ0n) is 14.1. The highest BCUT2D eigenvalue weighted by Gasteiger charge is 2.19. The molecular weight excluding hydrogens is 392 g/mol. The molecule has 0 bridgehead atoms. The number of nitrogens with zero attached hydrogens (tertiary/aromatic N) is 2. The van der Waals surface area contributed by atoms with Crippen molar-refractivity contribution in [3.8, 4) is 11.5 Å². The number of methoxy groups -OCH3 is 1. The zero-order chi connectivity index (χ0) is 19.0. The summed E-state index contributed by atoms with van der Waals surface area (Å²) < 4.78 is 18.0. The quantitative estimate of drug-likeness (QED) is 0.627. The van der Waals surface area contributed by atoms with Gasteiger partial charge in [-0.2, -0.15) is 4.99 Å². The number of thiazole rings is 1. The van der Waals surface area contributed by atoms with Crippen LogP contribution in [-0.2, 0) is 16.1 Å². The summed E-state index contributed by atoms with van der Waals surface area (Å²) in [6.07, 6.45) is 0. The molecule has 1 amide bonds. The molecule has 7 nitrogen and oxygen atoms in total. The average Bonchev–Trinajstić information content (AvgIpc) is 3.24. The maximum atomic E-state index is 12.6. The normalized spacial score (nSPS) is 13.2. The van der Waals surface area contributed by atoms with Crippen molar-refractivity contribution >= 4 is 45.0 Å². The molecule has 1 aliphatic heterocycles. The van der Waals surface area contributed by atoms with Crippen molar-refractivity contribution in [2.75, 3.05) is 13.9 Å². The molecule has 2 heterocycles. The summed E-state index contributed by atoms with van der Waals surface area (Å²) in [5, 5.41) is 0.445. The van der Waals surface area contributed by atoms with Gasteiger partial charge in [-0.1, -0.05) is 29.0 Å². The first-order chi connectivity index (χ1) is 13.0. The number of hydrogen-bond acceptors (Lipinski definition) is 6. The summed E-state index contributed by atoms with van der Waals surface area (Å²) in [5.74, 6) is 0.278. The molecule has 0 saturated heterocycles. The van der Waals surface area contributed by atoms with Crippen molar-refractivity contribution in [2.45, 2.75) is 6.54 Å². The second-order valence-corrected chi connectivity index (χ2v) is 7.09. The van der Waals surface area contributed by atoms with Gasteiger partial charge in [-0.05, 0) is 18.2 Å². The smallest absolute Gasteiger partial charge is 0.325 e. The van der Waals surface area contributed by atoms with Crippen molar-refractivity contribution in [2.24, 2.45) is 4.99 Å². The van der Waals surface area contributed by atoms with E-state index in [1.165, 1.54) is 18.4 Å². The van der Waals surface area contributed by atoms with Crippen molar-refractivity contribution in [1.82, 2.24) is 4.57 Å². The number of carbonyl (C=O) groups excluding carboxylic acids is 2. The molecule has 27 heavy (non-hydrogen) atoms. The Kier molecular flexibility index (Phi) is 4.59. The predicted molar refractivity (Wildman–Crippen MR) is 99.3 cm³/mol. The lowest BCUT2D eigenvalue weighted by atomic mass is 10.2. The summed E-state index contributed by atoms with van der Waals surface area (Å²) in [6.45, 7) is 0.0614. The van der Waals surface area contributed by atoms with Crippen LogP contribution in [0, 0.1) is 0 Å². The number of carbonyl (C=O) groups is 2. The molecule has 1 aromatic heterocycles. The largest absolute Gasteiger partial charge is 0.468 e. The van der Waals surface area contributed by atoms with Crippen LogP contribution in [0.15, 0.2) is 41.4 Å². The molecule has 0 unspecified atom stereocenters. The predicted octanol–water partition coefficient (Wildman–Crippen LogP) is 3.00. The van der Waals surface area contributed by atoms with Gasteiger partial charge in [0.15, 0.2) is 16.3 Å². The lowest BCUT2D eigenvalue weighted by Gasteiger charge is -2.04. The van der Waals surface area contributed by atoms with Gasteiger partial charge in [-0.15, -0.1) is 0 Å². The summed E-state index contributed by atoms with van der Waals surface area (Å²) >= 11 is 7.22. The molecule has 0 spiro atoms. The highest BCUT2D eigenvalue weighted by molar-refractivity contribution is 7.16. The first kappa shape index (κ1) is 17.6. The van der Waals surface area contributed by atoms with Crippen molar-refractivity contribution in [3.05, 3.63) is 51.8 Å². The van der Waals surface area contributed by atoms with Gasteiger partial charge in [-0.25, -0.2) is 0 Å². The highest BCUT2D eigenvalue weighted by Crippen LogP contribution is 2.37. The van der Waals surface area contributed by atoms with Crippen LogP contribution in [0.3, 0.4) is 0 Å². The van der Waals surface area contributed by atoms with Crippen LogP contribution in [-0.4, -0.2) is 30.3 Å². The topological polar surface area (TPSA) is 79.1 Å². The Hall–Kier alpha value is -2.84. The van der Waals surface area contributed by atoms with Crippen LogP contribution >= 0.6 is 22.9 Å². The Morgan fingerprint density at radius 3 is 2.78 bits per heavy atom. The van der Waals surface area contributed by atoms with E-state index >= 15 is 0 Å². The van der Waals surface area contributed by atoms with Crippen LogP contribution in [0.5, 0.6) is 11.5 Å². The number of ether oxygens (including phenoxy) is 3. The van der Waals surface area contributed by atoms with E-state index in [0.717, 1.165) is 4.70 Å². The molecule has 0 radical (unpaired) electrons. The van der Waals surface area contributed by atoms with Gasteiger partial charge in [0.25, 0.3) is 5.91 Å². The molecule has 9 heteroatoms. The first-order valence-corrected chi connectivity index (χ1v) is 9.09. The molecule has 0 aliphatic carbocycles. The van der Waals surface area contributed by atoms with Gasteiger partial charge in [0, 0.05) is 22.7 Å². The van der Waals surface area contributed by atoms with Crippen LogP contribution in [0.2, 0.25) is 5.02 Å². The fourth-order valence-corrected chi connectivity index (χ4v) is 3.89. The summed E-state index contributed by atoms with van der Waals surface area (Å²) in [6, 6.07) is 10.1. The molecule has 1 aliphatic rings. The summed E-state index contributed by atoms with van der Waals surface area (Å²) in [7, 11) is 1.31. The monoisotopic (exact) mass is 404 g/mol. The molecule has 0 N–H and O–H groups in total. The lowest BCUT2D eigenvalue weighted by Crippen LogP contribution is -2.22. The third kappa shape index (κ3) is 3.41. The Morgan fingerprint density at radius 1 is 1.26 bits per heavy atom. The highest BCUT2D eigenvalue weighted by atomic mass is 35.5. The minimum absolute atomic E-state index is 0.0855. The Labute approximate surface area is 162 Å². The van der Waals surface area contributed by atoms with Gasteiger partial charge in [0.05, 0.1) is 17.3 Å². The second kappa shape index (κ2) is 7.05. The number of benzene rings is 2. The van der Waals surface area contributed by atoms with Crippen molar-refractivity contribution < 1.29 is 23.8 Å². The van der Waals surface area contributed by atoms with E-state index in [4.69, 9.17) is 25.8 Å². The lowest BCUT2D eigenvalue weighted by molar-refractivity contribution is -0.141. The molecule has 0 atom stereocenters. The molecule has 138 valence electrons. The number of halogens is 1. The Bertz CT molecular complexity index is 1130. The van der Waals surface area contributed by atoms with E-state index in [1.807, 2.05) is 0 Å². The number of amides is 1. The third-order valence-electron chi connectivity index (χ3n) is 3.96. The molecule has 0 saturated carbocycles. The van der Waals surface area contributed by atoms with Crippen molar-refractivity contribution in [1.29, 1.82) is 0 Å². The fourth-order valence-electron chi connectivity index (χ4n) is 2.66. The van der Waals surface area contributed by atoms with Gasteiger partial charge in [-0.3, -0.25) is 9.59 Å². The molecule has 0 fully saturated rings. The Balaban J connectivity index is 1.86. The third-order valence-corrected chi connectivity index (χ3v) is 5.24. The molecule has 2 aromatic carbocycles. The maximum Gasteiger partial charge on any atom is 0.325 e. The summed E-state index contributed by atoms with van der Waals surface area (Å²) in [4.78, 5) is 29.0. The van der Waals surface area contributed by atoms with Crippen LogP contribution < -0.4 is 14.3 Å². The first-order valence-electron chi connectivity index (χ1n) is 7.89.